The molecule has 3 nitrogen and oxygen atoms in total. The summed E-state index contributed by atoms with van der Waals surface area (Å²) in [5.41, 5.74) is 0.570. The number of alkyl halides is 3. The number of thiophene rings is 1. The molecule has 4 rings (SSSR count). The highest BCUT2D eigenvalue weighted by Crippen LogP contribution is 2.33. The van der Waals surface area contributed by atoms with Crippen LogP contribution in [0.2, 0.25) is 0 Å². The molecule has 2 aromatic carbocycles. The van der Waals surface area contributed by atoms with Gasteiger partial charge in [0.25, 0.3) is 5.91 Å². The van der Waals surface area contributed by atoms with Gasteiger partial charge in [0.15, 0.2) is 0 Å². The van der Waals surface area contributed by atoms with Gasteiger partial charge in [-0.3, -0.25) is 9.69 Å². The third-order valence-electron chi connectivity index (χ3n) is 5.62. The molecule has 31 heavy (non-hydrogen) atoms. The summed E-state index contributed by atoms with van der Waals surface area (Å²) in [5.74, 6) is -0.0259. The van der Waals surface area contributed by atoms with Gasteiger partial charge in [-0.15, -0.1) is 11.3 Å². The Labute approximate surface area is 183 Å². The maximum atomic E-state index is 13.3. The molecule has 1 aromatic heterocycles. The molecule has 7 heteroatoms. The smallest absolute Gasteiger partial charge is 0.305 e. The number of halogens is 3. The zero-order valence-corrected chi connectivity index (χ0v) is 17.7. The molecule has 1 aliphatic heterocycles. The molecule has 2 heterocycles. The van der Waals surface area contributed by atoms with E-state index in [-0.39, 0.29) is 18.5 Å². The van der Waals surface area contributed by atoms with E-state index in [1.165, 1.54) is 17.4 Å². The molecule has 3 aromatic rings. The van der Waals surface area contributed by atoms with E-state index >= 15 is 0 Å². The van der Waals surface area contributed by atoms with Crippen molar-refractivity contribution in [3.8, 4) is 0 Å². The number of anilines is 1. The van der Waals surface area contributed by atoms with Crippen LogP contribution in [0, 0.1) is 0 Å². The van der Waals surface area contributed by atoms with Crippen molar-refractivity contribution in [2.45, 2.75) is 31.6 Å². The zero-order valence-electron chi connectivity index (χ0n) is 16.9. The van der Waals surface area contributed by atoms with E-state index < -0.39 is 11.7 Å². The minimum absolute atomic E-state index is 0.00566. The van der Waals surface area contributed by atoms with Crippen LogP contribution in [-0.4, -0.2) is 29.9 Å². The molecule has 0 aliphatic carbocycles. The summed E-state index contributed by atoms with van der Waals surface area (Å²) >= 11 is 1.42. The lowest BCUT2D eigenvalue weighted by atomic mass is 10.00. The Morgan fingerprint density at radius 1 is 0.968 bits per heavy atom. The van der Waals surface area contributed by atoms with Gasteiger partial charge in [0.2, 0.25) is 0 Å². The van der Waals surface area contributed by atoms with Gasteiger partial charge in [0.05, 0.1) is 10.4 Å². The standard InChI is InChI=1S/C24H23F3N2OS/c25-24(26,27)21-10-5-4-7-18(21)17-28-14-12-20(13-15-28)29(19-8-2-1-3-9-19)23(30)22-11-6-16-31-22/h1-11,16,20H,12-15,17H2. The molecule has 0 spiro atoms. The summed E-state index contributed by atoms with van der Waals surface area (Å²) in [6, 6.07) is 19.0. The molecule has 1 aliphatic rings. The van der Waals surface area contributed by atoms with E-state index in [1.807, 2.05) is 57.6 Å². The fourth-order valence-electron chi connectivity index (χ4n) is 4.11. The molecule has 0 saturated carbocycles. The second-order valence-corrected chi connectivity index (χ2v) is 8.60. The van der Waals surface area contributed by atoms with Gasteiger partial charge in [-0.25, -0.2) is 0 Å². The number of para-hydroxylation sites is 1. The first-order valence-corrected chi connectivity index (χ1v) is 11.1. The quantitative estimate of drug-likeness (QED) is 0.476. The van der Waals surface area contributed by atoms with Crippen LogP contribution in [0.5, 0.6) is 0 Å². The number of likely N-dealkylation sites (tertiary alicyclic amines) is 1. The molecule has 0 bridgehead atoms. The van der Waals surface area contributed by atoms with Gasteiger partial charge in [0.1, 0.15) is 0 Å². The second kappa shape index (κ2) is 9.24. The minimum Gasteiger partial charge on any atom is -0.305 e. The monoisotopic (exact) mass is 444 g/mol. The van der Waals surface area contributed by atoms with E-state index in [1.54, 1.807) is 12.1 Å². The molecule has 0 atom stereocenters. The lowest BCUT2D eigenvalue weighted by molar-refractivity contribution is -0.138. The van der Waals surface area contributed by atoms with Crippen molar-refractivity contribution in [2.24, 2.45) is 0 Å². The van der Waals surface area contributed by atoms with Crippen LogP contribution >= 0.6 is 11.3 Å². The molecule has 0 unspecified atom stereocenters. The number of piperidine rings is 1. The van der Waals surface area contributed by atoms with Crippen molar-refractivity contribution in [2.75, 3.05) is 18.0 Å². The van der Waals surface area contributed by atoms with Crippen LogP contribution in [-0.2, 0) is 12.7 Å². The molecule has 1 fully saturated rings. The van der Waals surface area contributed by atoms with Crippen molar-refractivity contribution in [1.82, 2.24) is 4.90 Å². The maximum Gasteiger partial charge on any atom is 0.416 e. The Morgan fingerprint density at radius 3 is 2.29 bits per heavy atom. The fraction of sp³-hybridized carbons (Fsp3) is 0.292. The Balaban J connectivity index is 1.48. The van der Waals surface area contributed by atoms with Crippen molar-refractivity contribution in [3.05, 3.63) is 88.1 Å². The predicted molar refractivity (Wildman–Crippen MR) is 117 cm³/mol. The summed E-state index contributed by atoms with van der Waals surface area (Å²) in [6.45, 7) is 1.53. The average molecular weight is 445 g/mol. The lowest BCUT2D eigenvalue weighted by Crippen LogP contribution is -2.47. The summed E-state index contributed by atoms with van der Waals surface area (Å²) in [6.07, 6.45) is -2.94. The van der Waals surface area contributed by atoms with E-state index in [9.17, 15) is 18.0 Å². The van der Waals surface area contributed by atoms with Gasteiger partial charge in [-0.2, -0.15) is 13.2 Å². The van der Waals surface area contributed by atoms with Crippen LogP contribution in [0.4, 0.5) is 18.9 Å². The molecular weight excluding hydrogens is 421 g/mol. The molecular formula is C24H23F3N2OS. The van der Waals surface area contributed by atoms with Gasteiger partial charge in [-0.05, 0) is 48.1 Å². The SMILES string of the molecule is O=C(c1cccs1)N(c1ccccc1)C1CCN(Cc2ccccc2C(F)(F)F)CC1. The summed E-state index contributed by atoms with van der Waals surface area (Å²) < 4.78 is 40.0. The lowest BCUT2D eigenvalue weighted by Gasteiger charge is -2.38. The number of carbonyl (C=O) groups excluding carboxylic acids is 1. The first-order chi connectivity index (χ1) is 14.9. The highest BCUT2D eigenvalue weighted by atomic mass is 32.1. The average Bonchev–Trinajstić information content (AvgIpc) is 3.31. The van der Waals surface area contributed by atoms with Gasteiger partial charge in [0, 0.05) is 31.4 Å². The van der Waals surface area contributed by atoms with Crippen LogP contribution < -0.4 is 4.90 Å². The van der Waals surface area contributed by atoms with Gasteiger partial charge in [-0.1, -0.05) is 42.5 Å². The van der Waals surface area contributed by atoms with Crippen LogP contribution in [0.1, 0.15) is 33.6 Å². The molecule has 0 N–H and O–H groups in total. The minimum atomic E-state index is -4.36. The van der Waals surface area contributed by atoms with E-state index in [0.717, 1.165) is 11.8 Å². The first kappa shape index (κ1) is 21.6. The highest BCUT2D eigenvalue weighted by Gasteiger charge is 2.34. The van der Waals surface area contributed by atoms with E-state index in [0.29, 0.717) is 36.4 Å². The zero-order chi connectivity index (χ0) is 21.8. The van der Waals surface area contributed by atoms with Crippen molar-refractivity contribution < 1.29 is 18.0 Å². The van der Waals surface area contributed by atoms with Crippen LogP contribution in [0.25, 0.3) is 0 Å². The molecule has 1 saturated heterocycles. The van der Waals surface area contributed by atoms with Crippen molar-refractivity contribution >= 4 is 22.9 Å². The molecule has 1 amide bonds. The second-order valence-electron chi connectivity index (χ2n) is 7.65. The summed E-state index contributed by atoms with van der Waals surface area (Å²) in [4.78, 5) is 17.8. The van der Waals surface area contributed by atoms with Crippen LogP contribution in [0.15, 0.2) is 72.1 Å². The normalized spacial score (nSPS) is 15.7. The van der Waals surface area contributed by atoms with Gasteiger partial charge >= 0.3 is 6.18 Å². The van der Waals surface area contributed by atoms with E-state index in [4.69, 9.17) is 0 Å². The molecule has 0 radical (unpaired) electrons. The Bertz CT molecular complexity index is 997. The van der Waals surface area contributed by atoms with Crippen molar-refractivity contribution in [1.29, 1.82) is 0 Å². The highest BCUT2D eigenvalue weighted by molar-refractivity contribution is 7.12. The summed E-state index contributed by atoms with van der Waals surface area (Å²) in [7, 11) is 0. The molecule has 162 valence electrons. The number of benzene rings is 2. The Morgan fingerprint density at radius 2 is 1.65 bits per heavy atom. The third kappa shape index (κ3) is 4.99. The predicted octanol–water partition coefficient (Wildman–Crippen LogP) is 6.08. The number of amides is 1. The number of nitrogens with zero attached hydrogens (tertiary/aromatic N) is 2. The third-order valence-corrected chi connectivity index (χ3v) is 6.48. The largest absolute Gasteiger partial charge is 0.416 e. The Kier molecular flexibility index (Phi) is 6.43. The van der Waals surface area contributed by atoms with Crippen molar-refractivity contribution in [3.63, 3.8) is 0 Å². The number of hydrogen-bond acceptors (Lipinski definition) is 3. The van der Waals surface area contributed by atoms with Crippen LogP contribution in [0.3, 0.4) is 0 Å². The number of hydrogen-bond donors (Lipinski definition) is 0. The maximum absolute atomic E-state index is 13.3. The first-order valence-electron chi connectivity index (χ1n) is 10.2. The topological polar surface area (TPSA) is 23.6 Å². The number of carbonyl (C=O) groups is 1. The number of rotatable bonds is 5. The summed E-state index contributed by atoms with van der Waals surface area (Å²) in [5, 5.41) is 1.89. The van der Waals surface area contributed by atoms with Gasteiger partial charge < -0.3 is 4.90 Å². The fourth-order valence-corrected chi connectivity index (χ4v) is 4.77. The van der Waals surface area contributed by atoms with E-state index in [2.05, 4.69) is 0 Å². The Hall–Kier alpha value is -2.64.